The van der Waals surface area contributed by atoms with E-state index in [1.165, 1.54) is 0 Å². The van der Waals surface area contributed by atoms with Crippen LogP contribution < -0.4 is 5.32 Å². The third-order valence-electron chi connectivity index (χ3n) is 1.03. The Balaban J connectivity index is 3.90. The third kappa shape index (κ3) is 5.54. The monoisotopic (exact) mass is 188 g/mol. The average Bonchev–Trinajstić information content (AvgIpc) is 2.10. The predicted octanol–water partition coefficient (Wildman–Crippen LogP) is -0.267. The summed E-state index contributed by atoms with van der Waals surface area (Å²) in [7, 11) is 0. The van der Waals surface area contributed by atoms with Gasteiger partial charge in [-0.2, -0.15) is 0 Å². The molecule has 0 aliphatic rings. The van der Waals surface area contributed by atoms with Crippen molar-refractivity contribution in [1.29, 1.82) is 5.41 Å². The fourth-order valence-electron chi connectivity index (χ4n) is 0.460. The Morgan fingerprint density at radius 2 is 2.08 bits per heavy atom. The summed E-state index contributed by atoms with van der Waals surface area (Å²) in [6.45, 7) is -0.806. The first kappa shape index (κ1) is 11.3. The van der Waals surface area contributed by atoms with E-state index in [4.69, 9.17) is 10.5 Å². The number of carbonyl (C=O) groups excluding carboxylic acids is 1. The molecule has 0 unspecified atom stereocenters. The van der Waals surface area contributed by atoms with Crippen LogP contribution in [-0.2, 0) is 9.59 Å². The molecule has 0 atom stereocenters. The Labute approximate surface area is 73.8 Å². The summed E-state index contributed by atoms with van der Waals surface area (Å²) in [5.74, 6) is -2.04. The van der Waals surface area contributed by atoms with E-state index in [-0.39, 0.29) is 6.54 Å². The van der Waals surface area contributed by atoms with Crippen LogP contribution in [0.5, 0.6) is 0 Å². The van der Waals surface area contributed by atoms with Gasteiger partial charge in [0, 0.05) is 12.6 Å². The highest BCUT2D eigenvalue weighted by Gasteiger charge is 2.01. The number of nitrogens with one attached hydrogen (secondary N) is 2. The standard InChI is InChI=1S/C7H9FN2O3/c8-3-4-10-6(11)2-1-5(9)7(12)13/h1-2,9H,3-4H2,(H,10,11)(H,12,13)/b2-1-,9-5?. The number of alkyl halides is 1. The smallest absolute Gasteiger partial charge is 0.353 e. The molecule has 3 N–H and O–H groups in total. The van der Waals surface area contributed by atoms with Gasteiger partial charge in [-0.1, -0.05) is 0 Å². The number of aliphatic carboxylic acids is 1. The Morgan fingerprint density at radius 1 is 1.46 bits per heavy atom. The summed E-state index contributed by atoms with van der Waals surface area (Å²) in [6, 6.07) is 0. The number of halogens is 1. The summed E-state index contributed by atoms with van der Waals surface area (Å²) >= 11 is 0. The highest BCUT2D eigenvalue weighted by molar-refractivity contribution is 6.39. The van der Waals surface area contributed by atoms with Gasteiger partial charge in [0.05, 0.1) is 0 Å². The topological polar surface area (TPSA) is 90.3 Å². The van der Waals surface area contributed by atoms with E-state index in [2.05, 4.69) is 5.32 Å². The van der Waals surface area contributed by atoms with E-state index in [0.717, 1.165) is 12.2 Å². The molecule has 0 aliphatic carbocycles. The maximum atomic E-state index is 11.5. The molecule has 0 saturated heterocycles. The van der Waals surface area contributed by atoms with Gasteiger partial charge >= 0.3 is 5.97 Å². The molecule has 72 valence electrons. The lowest BCUT2D eigenvalue weighted by Gasteiger charge is -1.95. The second kappa shape index (κ2) is 5.87. The van der Waals surface area contributed by atoms with Gasteiger partial charge in [-0.3, -0.25) is 10.2 Å². The van der Waals surface area contributed by atoms with E-state index in [9.17, 15) is 14.0 Å². The molecule has 0 aromatic heterocycles. The molecule has 0 bridgehead atoms. The van der Waals surface area contributed by atoms with Crippen molar-refractivity contribution >= 4 is 17.6 Å². The predicted molar refractivity (Wildman–Crippen MR) is 43.5 cm³/mol. The number of carboxylic acids is 1. The number of carboxylic acid groups (broad SMARTS) is 1. The lowest BCUT2D eigenvalue weighted by atomic mass is 10.3. The van der Waals surface area contributed by atoms with E-state index in [0.29, 0.717) is 0 Å². The van der Waals surface area contributed by atoms with Gasteiger partial charge in [0.15, 0.2) is 0 Å². The molecule has 0 rings (SSSR count). The van der Waals surface area contributed by atoms with Crippen molar-refractivity contribution in [1.82, 2.24) is 5.32 Å². The molecule has 13 heavy (non-hydrogen) atoms. The van der Waals surface area contributed by atoms with Gasteiger partial charge < -0.3 is 10.4 Å². The van der Waals surface area contributed by atoms with Crippen molar-refractivity contribution in [2.75, 3.05) is 13.2 Å². The van der Waals surface area contributed by atoms with Gasteiger partial charge in [0.2, 0.25) is 5.91 Å². The van der Waals surface area contributed by atoms with Crippen molar-refractivity contribution in [3.63, 3.8) is 0 Å². The Kier molecular flexibility index (Phi) is 5.09. The molecule has 1 amide bonds. The Hall–Kier alpha value is -1.72. The maximum absolute atomic E-state index is 11.5. The minimum atomic E-state index is -1.42. The highest BCUT2D eigenvalue weighted by atomic mass is 19.1. The van der Waals surface area contributed by atoms with E-state index >= 15 is 0 Å². The molecule has 6 heteroatoms. The van der Waals surface area contributed by atoms with Crippen LogP contribution in [0.3, 0.4) is 0 Å². The second-order valence-corrected chi connectivity index (χ2v) is 2.03. The minimum Gasteiger partial charge on any atom is -0.477 e. The van der Waals surface area contributed by atoms with Crippen molar-refractivity contribution in [2.45, 2.75) is 0 Å². The highest BCUT2D eigenvalue weighted by Crippen LogP contribution is 1.79. The SMILES string of the molecule is N=C(/C=C\C(=O)NCCF)C(=O)O. The second-order valence-electron chi connectivity index (χ2n) is 2.03. The summed E-state index contributed by atoms with van der Waals surface area (Å²) in [4.78, 5) is 20.7. The molecule has 0 saturated carbocycles. The van der Waals surface area contributed by atoms with Crippen LogP contribution in [0.1, 0.15) is 0 Å². The van der Waals surface area contributed by atoms with E-state index in [1.54, 1.807) is 0 Å². The molecular formula is C7H9FN2O3. The fourth-order valence-corrected chi connectivity index (χ4v) is 0.460. The Morgan fingerprint density at radius 3 is 2.54 bits per heavy atom. The molecule has 0 radical (unpaired) electrons. The first-order valence-corrected chi connectivity index (χ1v) is 3.41. The molecule has 0 aliphatic heterocycles. The average molecular weight is 188 g/mol. The summed E-state index contributed by atoms with van der Waals surface area (Å²) < 4.78 is 11.5. The quantitative estimate of drug-likeness (QED) is 0.410. The number of amides is 1. The van der Waals surface area contributed by atoms with Crippen LogP contribution >= 0.6 is 0 Å². The van der Waals surface area contributed by atoms with Gasteiger partial charge in [0.1, 0.15) is 12.4 Å². The molecule has 0 aromatic carbocycles. The van der Waals surface area contributed by atoms with E-state index < -0.39 is 24.3 Å². The largest absolute Gasteiger partial charge is 0.477 e. The zero-order valence-electron chi connectivity index (χ0n) is 6.71. The van der Waals surface area contributed by atoms with Crippen LogP contribution in [0.2, 0.25) is 0 Å². The number of rotatable bonds is 5. The van der Waals surface area contributed by atoms with Gasteiger partial charge in [-0.15, -0.1) is 0 Å². The third-order valence-corrected chi connectivity index (χ3v) is 1.03. The van der Waals surface area contributed by atoms with Crippen LogP contribution in [0.25, 0.3) is 0 Å². The number of hydrogen-bond acceptors (Lipinski definition) is 3. The van der Waals surface area contributed by atoms with Crippen LogP contribution in [0.15, 0.2) is 12.2 Å². The van der Waals surface area contributed by atoms with E-state index in [1.807, 2.05) is 0 Å². The van der Waals surface area contributed by atoms with Crippen LogP contribution in [0.4, 0.5) is 4.39 Å². The molecule has 0 spiro atoms. The van der Waals surface area contributed by atoms with Crippen LogP contribution in [-0.4, -0.2) is 35.9 Å². The van der Waals surface area contributed by atoms with Gasteiger partial charge in [-0.05, 0) is 6.08 Å². The maximum Gasteiger partial charge on any atom is 0.353 e. The van der Waals surface area contributed by atoms with Crippen molar-refractivity contribution in [3.05, 3.63) is 12.2 Å². The fraction of sp³-hybridized carbons (Fsp3) is 0.286. The van der Waals surface area contributed by atoms with Crippen molar-refractivity contribution in [2.24, 2.45) is 0 Å². The summed E-state index contributed by atoms with van der Waals surface area (Å²) in [5, 5.41) is 17.1. The molecule has 5 nitrogen and oxygen atoms in total. The zero-order chi connectivity index (χ0) is 10.3. The summed E-state index contributed by atoms with van der Waals surface area (Å²) in [5.41, 5.74) is -0.699. The van der Waals surface area contributed by atoms with Gasteiger partial charge in [-0.25, -0.2) is 9.18 Å². The molecule has 0 fully saturated rings. The van der Waals surface area contributed by atoms with Crippen molar-refractivity contribution in [3.8, 4) is 0 Å². The first-order valence-electron chi connectivity index (χ1n) is 3.41. The lowest BCUT2D eigenvalue weighted by Crippen LogP contribution is -2.23. The first-order chi connectivity index (χ1) is 6.07. The minimum absolute atomic E-state index is 0.121. The van der Waals surface area contributed by atoms with Crippen molar-refractivity contribution < 1.29 is 19.1 Å². The normalized spacial score (nSPS) is 9.92. The zero-order valence-corrected chi connectivity index (χ0v) is 6.71. The summed E-state index contributed by atoms with van der Waals surface area (Å²) in [6.07, 6.45) is 1.70. The Bertz CT molecular complexity index is 250. The lowest BCUT2D eigenvalue weighted by molar-refractivity contribution is -0.129. The van der Waals surface area contributed by atoms with Gasteiger partial charge in [0.25, 0.3) is 0 Å². The molecule has 0 aromatic rings. The number of carbonyl (C=O) groups is 2. The number of hydrogen-bond donors (Lipinski definition) is 3. The molecule has 0 heterocycles. The molecular weight excluding hydrogens is 179 g/mol. The van der Waals surface area contributed by atoms with Crippen LogP contribution in [0, 0.1) is 5.41 Å².